The van der Waals surface area contributed by atoms with Gasteiger partial charge in [0.2, 0.25) is 23.5 Å². The van der Waals surface area contributed by atoms with E-state index in [4.69, 9.17) is 16.1 Å². The van der Waals surface area contributed by atoms with Crippen LogP contribution in [0.3, 0.4) is 0 Å². The number of benzene rings is 1. The first-order chi connectivity index (χ1) is 14.4. The summed E-state index contributed by atoms with van der Waals surface area (Å²) in [6.45, 7) is 3.92. The van der Waals surface area contributed by atoms with Gasteiger partial charge in [-0.1, -0.05) is 23.2 Å². The molecule has 2 N–H and O–H groups in total. The van der Waals surface area contributed by atoms with Crippen molar-refractivity contribution in [3.8, 4) is 11.4 Å². The maximum atomic E-state index is 12.3. The van der Waals surface area contributed by atoms with Crippen LogP contribution in [-0.2, 0) is 16.0 Å². The lowest BCUT2D eigenvalue weighted by Gasteiger charge is -2.29. The second kappa shape index (κ2) is 10.6. The summed E-state index contributed by atoms with van der Waals surface area (Å²) in [6, 6.07) is 7.43. The molecule has 162 valence electrons. The van der Waals surface area contributed by atoms with Gasteiger partial charge in [-0.05, 0) is 63.8 Å². The molecule has 0 spiro atoms. The van der Waals surface area contributed by atoms with Gasteiger partial charge in [0.15, 0.2) is 0 Å². The summed E-state index contributed by atoms with van der Waals surface area (Å²) in [6.07, 6.45) is 5.02. The third-order valence-corrected chi connectivity index (χ3v) is 5.46. The zero-order valence-electron chi connectivity index (χ0n) is 17.5. The number of nitrogens with zero attached hydrogens (tertiary/aromatic N) is 2. The Morgan fingerprint density at radius 1 is 1.23 bits per heavy atom. The number of nitrogens with one attached hydrogen (secondary N) is 2. The molecule has 0 bridgehead atoms. The fourth-order valence-corrected chi connectivity index (χ4v) is 3.86. The Balaban J connectivity index is 1.41. The highest BCUT2D eigenvalue weighted by Crippen LogP contribution is 2.25. The van der Waals surface area contributed by atoms with Crippen LogP contribution >= 0.6 is 11.6 Å². The smallest absolute Gasteiger partial charge is 0.226 e. The number of carbonyl (C=O) groups excluding carboxylic acids is 2. The van der Waals surface area contributed by atoms with Crippen molar-refractivity contribution in [1.29, 1.82) is 0 Å². The van der Waals surface area contributed by atoms with E-state index in [1.54, 1.807) is 12.1 Å². The zero-order valence-corrected chi connectivity index (χ0v) is 18.2. The fourth-order valence-electron chi connectivity index (χ4n) is 3.73. The SMILES string of the molecule is CC(C)NC(=O)C1CCCC(NC(=O)CCCc2nc(-c3ccc(Cl)cc3)no2)C1. The Labute approximate surface area is 182 Å². The first kappa shape index (κ1) is 22.3. The molecule has 7 nitrogen and oxygen atoms in total. The van der Waals surface area contributed by atoms with Crippen molar-refractivity contribution in [3.05, 3.63) is 35.2 Å². The number of aromatic nitrogens is 2. The van der Waals surface area contributed by atoms with Crippen molar-refractivity contribution in [3.63, 3.8) is 0 Å². The van der Waals surface area contributed by atoms with E-state index in [0.29, 0.717) is 42.4 Å². The molecule has 1 saturated carbocycles. The maximum absolute atomic E-state index is 12.3. The van der Waals surface area contributed by atoms with Crippen LogP contribution in [0, 0.1) is 5.92 Å². The van der Waals surface area contributed by atoms with E-state index in [9.17, 15) is 9.59 Å². The first-order valence-electron chi connectivity index (χ1n) is 10.6. The molecule has 2 aromatic rings. The number of amides is 2. The molecule has 1 fully saturated rings. The number of aryl methyl sites for hydroxylation is 1. The summed E-state index contributed by atoms with van der Waals surface area (Å²) in [4.78, 5) is 28.9. The van der Waals surface area contributed by atoms with E-state index < -0.39 is 0 Å². The Bertz CT molecular complexity index is 850. The van der Waals surface area contributed by atoms with Crippen molar-refractivity contribution in [2.45, 2.75) is 70.9 Å². The Kier molecular flexibility index (Phi) is 7.85. The van der Waals surface area contributed by atoms with Gasteiger partial charge in [0.25, 0.3) is 0 Å². The minimum Gasteiger partial charge on any atom is -0.354 e. The van der Waals surface area contributed by atoms with E-state index >= 15 is 0 Å². The van der Waals surface area contributed by atoms with Gasteiger partial charge in [0, 0.05) is 41.4 Å². The third kappa shape index (κ3) is 6.55. The monoisotopic (exact) mass is 432 g/mol. The largest absolute Gasteiger partial charge is 0.354 e. The quantitative estimate of drug-likeness (QED) is 0.659. The normalized spacial score (nSPS) is 18.9. The second-order valence-corrected chi connectivity index (χ2v) is 8.60. The number of carbonyl (C=O) groups is 2. The van der Waals surface area contributed by atoms with Crippen LogP contribution in [0.15, 0.2) is 28.8 Å². The molecule has 1 aromatic heterocycles. The summed E-state index contributed by atoms with van der Waals surface area (Å²) in [5, 5.41) is 10.7. The molecular formula is C22H29ClN4O3. The topological polar surface area (TPSA) is 97.1 Å². The molecular weight excluding hydrogens is 404 g/mol. The van der Waals surface area contributed by atoms with Gasteiger partial charge in [-0.15, -0.1) is 0 Å². The van der Waals surface area contributed by atoms with Crippen molar-refractivity contribution in [1.82, 2.24) is 20.8 Å². The summed E-state index contributed by atoms with van der Waals surface area (Å²) >= 11 is 5.89. The molecule has 30 heavy (non-hydrogen) atoms. The molecule has 3 rings (SSSR count). The van der Waals surface area contributed by atoms with Crippen LogP contribution in [0.2, 0.25) is 5.02 Å². The van der Waals surface area contributed by atoms with Crippen LogP contribution in [0.25, 0.3) is 11.4 Å². The fraction of sp³-hybridized carbons (Fsp3) is 0.545. The molecule has 1 aromatic carbocycles. The highest BCUT2D eigenvalue weighted by atomic mass is 35.5. The average molecular weight is 433 g/mol. The number of rotatable bonds is 8. The lowest BCUT2D eigenvalue weighted by Crippen LogP contribution is -2.43. The van der Waals surface area contributed by atoms with Gasteiger partial charge in [-0.3, -0.25) is 9.59 Å². The Morgan fingerprint density at radius 2 is 2.00 bits per heavy atom. The van der Waals surface area contributed by atoms with Gasteiger partial charge in [-0.2, -0.15) is 4.98 Å². The van der Waals surface area contributed by atoms with Crippen LogP contribution in [0.5, 0.6) is 0 Å². The van der Waals surface area contributed by atoms with Gasteiger partial charge in [0.05, 0.1) is 0 Å². The van der Waals surface area contributed by atoms with Gasteiger partial charge in [-0.25, -0.2) is 0 Å². The van der Waals surface area contributed by atoms with Gasteiger partial charge >= 0.3 is 0 Å². The van der Waals surface area contributed by atoms with Crippen molar-refractivity contribution in [2.24, 2.45) is 5.92 Å². The lowest BCUT2D eigenvalue weighted by molar-refractivity contribution is -0.128. The molecule has 0 aliphatic heterocycles. The molecule has 2 amide bonds. The standard InChI is InChI=1S/C22H29ClN4O3/c1-14(2)24-22(29)16-5-3-6-18(13-16)25-19(28)7-4-8-20-26-21(27-30-20)15-9-11-17(23)12-10-15/h9-12,14,16,18H,3-8,13H2,1-2H3,(H,24,29)(H,25,28). The Hall–Kier alpha value is -2.41. The van der Waals surface area contributed by atoms with E-state index in [-0.39, 0.29) is 29.8 Å². The maximum Gasteiger partial charge on any atom is 0.226 e. The Morgan fingerprint density at radius 3 is 2.73 bits per heavy atom. The molecule has 2 unspecified atom stereocenters. The second-order valence-electron chi connectivity index (χ2n) is 8.16. The predicted octanol–water partition coefficient (Wildman–Crippen LogP) is 3.91. The summed E-state index contributed by atoms with van der Waals surface area (Å²) < 4.78 is 5.28. The lowest BCUT2D eigenvalue weighted by atomic mass is 9.85. The van der Waals surface area contributed by atoms with Gasteiger partial charge in [0.1, 0.15) is 0 Å². The van der Waals surface area contributed by atoms with E-state index in [0.717, 1.165) is 24.8 Å². The molecule has 8 heteroatoms. The number of hydrogen-bond acceptors (Lipinski definition) is 5. The molecule has 0 saturated heterocycles. The first-order valence-corrected chi connectivity index (χ1v) is 11.0. The molecule has 0 radical (unpaired) electrons. The number of hydrogen-bond donors (Lipinski definition) is 2. The van der Waals surface area contributed by atoms with Crippen LogP contribution in [0.1, 0.15) is 58.3 Å². The van der Waals surface area contributed by atoms with Crippen LogP contribution < -0.4 is 10.6 Å². The minimum absolute atomic E-state index is 0.00218. The van der Waals surface area contributed by atoms with Crippen molar-refractivity contribution < 1.29 is 14.1 Å². The van der Waals surface area contributed by atoms with Crippen molar-refractivity contribution >= 4 is 23.4 Å². The molecule has 1 heterocycles. The van der Waals surface area contributed by atoms with Crippen molar-refractivity contribution in [2.75, 3.05) is 0 Å². The minimum atomic E-state index is -0.0175. The highest BCUT2D eigenvalue weighted by Gasteiger charge is 2.28. The molecule has 2 atom stereocenters. The van der Waals surface area contributed by atoms with E-state index in [2.05, 4.69) is 20.8 Å². The third-order valence-electron chi connectivity index (χ3n) is 5.21. The van der Waals surface area contributed by atoms with Crippen LogP contribution in [0.4, 0.5) is 0 Å². The number of halogens is 1. The van der Waals surface area contributed by atoms with Crippen LogP contribution in [-0.4, -0.2) is 34.0 Å². The average Bonchev–Trinajstić information content (AvgIpc) is 3.17. The zero-order chi connectivity index (χ0) is 21.5. The van der Waals surface area contributed by atoms with E-state index in [1.807, 2.05) is 26.0 Å². The summed E-state index contributed by atoms with van der Waals surface area (Å²) in [5.74, 6) is 1.10. The van der Waals surface area contributed by atoms with E-state index in [1.165, 1.54) is 0 Å². The van der Waals surface area contributed by atoms with Gasteiger partial charge < -0.3 is 15.2 Å². The highest BCUT2D eigenvalue weighted by molar-refractivity contribution is 6.30. The molecule has 1 aliphatic rings. The summed E-state index contributed by atoms with van der Waals surface area (Å²) in [7, 11) is 0. The predicted molar refractivity (Wildman–Crippen MR) is 115 cm³/mol. The summed E-state index contributed by atoms with van der Waals surface area (Å²) in [5.41, 5.74) is 0.834. The molecule has 1 aliphatic carbocycles.